The van der Waals surface area contributed by atoms with E-state index in [4.69, 9.17) is 21.4 Å². The number of ether oxygens (including phenoxy) is 2. The second kappa shape index (κ2) is 9.57. The van der Waals surface area contributed by atoms with Crippen molar-refractivity contribution in [3.63, 3.8) is 0 Å². The van der Waals surface area contributed by atoms with Crippen molar-refractivity contribution < 1.29 is 32.5 Å². The average molecular weight is 449 g/mol. The molecule has 0 aliphatic carbocycles. The number of rotatable bonds is 7. The summed E-state index contributed by atoms with van der Waals surface area (Å²) >= 11 is 5.87. The lowest BCUT2D eigenvalue weighted by molar-refractivity contribution is -0.274. The minimum Gasteiger partial charge on any atom is -0.488 e. The van der Waals surface area contributed by atoms with Crippen molar-refractivity contribution in [2.24, 2.45) is 0 Å². The molecule has 8 heteroatoms. The minimum absolute atomic E-state index is 0.244. The van der Waals surface area contributed by atoms with Gasteiger partial charge in [0.1, 0.15) is 18.1 Å². The molecule has 3 aromatic carbocycles. The van der Waals surface area contributed by atoms with E-state index in [0.717, 1.165) is 11.6 Å². The van der Waals surface area contributed by atoms with Crippen LogP contribution in [0.5, 0.6) is 11.5 Å². The molecule has 0 unspecified atom stereocenters. The molecule has 1 N–H and O–H groups in total. The van der Waals surface area contributed by atoms with Gasteiger partial charge in [0, 0.05) is 16.7 Å². The smallest absolute Gasteiger partial charge is 0.488 e. The van der Waals surface area contributed by atoms with Crippen molar-refractivity contribution in [3.05, 3.63) is 89.0 Å². The first kappa shape index (κ1) is 22.2. The Bertz CT molecular complexity index is 1080. The first-order valence-corrected chi connectivity index (χ1v) is 9.36. The van der Waals surface area contributed by atoms with Crippen LogP contribution in [0.3, 0.4) is 0 Å². The van der Waals surface area contributed by atoms with Crippen LogP contribution in [0.4, 0.5) is 13.2 Å². The van der Waals surface area contributed by atoms with Crippen molar-refractivity contribution in [2.45, 2.75) is 13.0 Å². The Morgan fingerprint density at radius 1 is 0.968 bits per heavy atom. The monoisotopic (exact) mass is 448 g/mol. The molecule has 0 spiro atoms. The van der Waals surface area contributed by atoms with E-state index in [-0.39, 0.29) is 12.4 Å². The van der Waals surface area contributed by atoms with Crippen LogP contribution < -0.4 is 9.47 Å². The van der Waals surface area contributed by atoms with Gasteiger partial charge in [0.15, 0.2) is 0 Å². The van der Waals surface area contributed by atoms with E-state index in [1.165, 1.54) is 30.3 Å². The van der Waals surface area contributed by atoms with Crippen molar-refractivity contribution in [1.82, 2.24) is 0 Å². The molecule has 0 aromatic heterocycles. The molecule has 3 rings (SSSR count). The lowest BCUT2D eigenvalue weighted by atomic mass is 10.0. The van der Waals surface area contributed by atoms with Gasteiger partial charge in [0.25, 0.3) is 0 Å². The van der Waals surface area contributed by atoms with Crippen LogP contribution in [0, 0.1) is 0 Å². The second-order valence-corrected chi connectivity index (χ2v) is 6.85. The molecule has 31 heavy (non-hydrogen) atoms. The number of carbonyl (C=O) groups is 1. The maximum Gasteiger partial charge on any atom is 0.573 e. The van der Waals surface area contributed by atoms with E-state index < -0.39 is 12.3 Å². The van der Waals surface area contributed by atoms with E-state index in [1.54, 1.807) is 30.3 Å². The molecule has 0 amide bonds. The molecule has 160 valence electrons. The summed E-state index contributed by atoms with van der Waals surface area (Å²) in [6.07, 6.45) is -2.39. The molecule has 0 atom stereocenters. The lowest BCUT2D eigenvalue weighted by Crippen LogP contribution is -2.16. The van der Waals surface area contributed by atoms with Crippen LogP contribution in [0.15, 0.2) is 72.8 Å². The Morgan fingerprint density at radius 3 is 2.23 bits per heavy atom. The summed E-state index contributed by atoms with van der Waals surface area (Å²) in [5.74, 6) is -0.999. The number of aliphatic carboxylic acids is 1. The van der Waals surface area contributed by atoms with Gasteiger partial charge in [-0.25, -0.2) is 4.79 Å². The summed E-state index contributed by atoms with van der Waals surface area (Å²) in [4.78, 5) is 11.0. The fourth-order valence-corrected chi connectivity index (χ4v) is 2.87. The zero-order valence-corrected chi connectivity index (χ0v) is 16.7. The van der Waals surface area contributed by atoms with Gasteiger partial charge in [-0.15, -0.1) is 13.2 Å². The Morgan fingerprint density at radius 2 is 1.61 bits per heavy atom. The van der Waals surface area contributed by atoms with E-state index in [2.05, 4.69) is 4.74 Å². The predicted molar refractivity (Wildman–Crippen MR) is 111 cm³/mol. The normalized spacial score (nSPS) is 11.5. The number of halogens is 4. The summed E-state index contributed by atoms with van der Waals surface area (Å²) in [5, 5.41) is 9.57. The first-order chi connectivity index (χ1) is 14.7. The Balaban J connectivity index is 1.84. The third-order valence-electron chi connectivity index (χ3n) is 4.14. The van der Waals surface area contributed by atoms with Gasteiger partial charge in [-0.1, -0.05) is 41.9 Å². The van der Waals surface area contributed by atoms with E-state index in [0.29, 0.717) is 27.5 Å². The Hall–Kier alpha value is -3.45. The number of carboxylic acids is 1. The van der Waals surface area contributed by atoms with Gasteiger partial charge in [-0.05, 0) is 59.2 Å². The highest BCUT2D eigenvalue weighted by Gasteiger charge is 2.30. The standard InChI is InChI=1S/C23H16ClF3O4/c24-19-7-1-15(2-8-19)14-30-21-11-5-17(13-18(21)6-12-22(28)29)16-3-9-20(10-4-16)31-23(25,26)27/h1-13H,14H2,(H,28,29). The SMILES string of the molecule is O=C(O)C=Cc1cc(-c2ccc(OC(F)(F)F)cc2)ccc1OCc1ccc(Cl)cc1. The van der Waals surface area contributed by atoms with Crippen LogP contribution >= 0.6 is 11.6 Å². The van der Waals surface area contributed by atoms with Gasteiger partial charge in [-0.3, -0.25) is 0 Å². The minimum atomic E-state index is -4.76. The molecule has 4 nitrogen and oxygen atoms in total. The van der Waals surface area contributed by atoms with E-state index in [9.17, 15) is 18.0 Å². The predicted octanol–water partition coefficient (Wildman–Crippen LogP) is 6.58. The van der Waals surface area contributed by atoms with Crippen molar-refractivity contribution >= 4 is 23.6 Å². The molecule has 0 aliphatic rings. The third kappa shape index (κ3) is 6.79. The summed E-state index contributed by atoms with van der Waals surface area (Å²) in [6.45, 7) is 0.244. The highest BCUT2D eigenvalue weighted by molar-refractivity contribution is 6.30. The maximum atomic E-state index is 12.3. The molecule has 0 bridgehead atoms. The molecular weight excluding hydrogens is 433 g/mol. The molecule has 0 saturated carbocycles. The molecule has 3 aromatic rings. The number of hydrogen-bond donors (Lipinski definition) is 1. The quantitative estimate of drug-likeness (QED) is 0.415. The molecule has 0 fully saturated rings. The number of alkyl halides is 3. The topological polar surface area (TPSA) is 55.8 Å². The van der Waals surface area contributed by atoms with Crippen LogP contribution in [-0.4, -0.2) is 17.4 Å². The summed E-state index contributed by atoms with van der Waals surface area (Å²) in [7, 11) is 0. The van der Waals surface area contributed by atoms with Crippen LogP contribution in [0.25, 0.3) is 17.2 Å². The summed E-state index contributed by atoms with van der Waals surface area (Å²) in [5.41, 5.74) is 2.68. The fourth-order valence-electron chi connectivity index (χ4n) is 2.74. The molecule has 0 aliphatic heterocycles. The van der Waals surface area contributed by atoms with Crippen LogP contribution in [0.1, 0.15) is 11.1 Å². The highest BCUT2D eigenvalue weighted by Crippen LogP contribution is 2.31. The lowest BCUT2D eigenvalue weighted by Gasteiger charge is -2.12. The highest BCUT2D eigenvalue weighted by atomic mass is 35.5. The average Bonchev–Trinajstić information content (AvgIpc) is 2.71. The number of hydrogen-bond acceptors (Lipinski definition) is 3. The second-order valence-electron chi connectivity index (χ2n) is 6.41. The van der Waals surface area contributed by atoms with Gasteiger partial charge >= 0.3 is 12.3 Å². The van der Waals surface area contributed by atoms with Crippen molar-refractivity contribution in [2.75, 3.05) is 0 Å². The Kier molecular flexibility index (Phi) is 6.87. The fraction of sp³-hybridized carbons (Fsp3) is 0.0870. The first-order valence-electron chi connectivity index (χ1n) is 8.98. The Labute approximate surface area is 181 Å². The van der Waals surface area contributed by atoms with Gasteiger partial charge in [-0.2, -0.15) is 0 Å². The van der Waals surface area contributed by atoms with E-state index >= 15 is 0 Å². The summed E-state index contributed by atoms with van der Waals surface area (Å²) in [6, 6.07) is 17.6. The maximum absolute atomic E-state index is 12.3. The van der Waals surface area contributed by atoms with Crippen LogP contribution in [0.2, 0.25) is 5.02 Å². The zero-order valence-electron chi connectivity index (χ0n) is 15.9. The van der Waals surface area contributed by atoms with Crippen LogP contribution in [-0.2, 0) is 11.4 Å². The van der Waals surface area contributed by atoms with Crippen molar-refractivity contribution in [3.8, 4) is 22.6 Å². The van der Waals surface area contributed by atoms with Gasteiger partial charge in [0.05, 0.1) is 0 Å². The third-order valence-corrected chi connectivity index (χ3v) is 4.40. The molecule has 0 saturated heterocycles. The molecule has 0 heterocycles. The van der Waals surface area contributed by atoms with Gasteiger partial charge in [0.2, 0.25) is 0 Å². The molecular formula is C23H16ClF3O4. The molecule has 0 radical (unpaired) electrons. The number of benzene rings is 3. The zero-order chi connectivity index (χ0) is 22.4. The summed E-state index contributed by atoms with van der Waals surface area (Å²) < 4.78 is 46.7. The van der Waals surface area contributed by atoms with E-state index in [1.807, 2.05) is 12.1 Å². The largest absolute Gasteiger partial charge is 0.573 e. The number of carboxylic acid groups (broad SMARTS) is 1. The van der Waals surface area contributed by atoms with Gasteiger partial charge < -0.3 is 14.6 Å². The van der Waals surface area contributed by atoms with Crippen molar-refractivity contribution in [1.29, 1.82) is 0 Å².